The van der Waals surface area contributed by atoms with Crippen LogP contribution in [0.5, 0.6) is 5.75 Å². The molecule has 3 nitrogen and oxygen atoms in total. The van der Waals surface area contributed by atoms with Crippen LogP contribution < -0.4 is 10.5 Å². The summed E-state index contributed by atoms with van der Waals surface area (Å²) in [5.41, 5.74) is 10.7. The minimum Gasteiger partial charge on any atom is -0.482 e. The van der Waals surface area contributed by atoms with Gasteiger partial charge in [0.05, 0.1) is 10.5 Å². The van der Waals surface area contributed by atoms with Crippen molar-refractivity contribution in [2.24, 2.45) is 5.73 Å². The zero-order valence-electron chi connectivity index (χ0n) is 13.8. The molecular weight excluding hydrogens is 383 g/mol. The van der Waals surface area contributed by atoms with Crippen molar-refractivity contribution >= 4 is 15.9 Å². The number of piperidine rings is 1. The first-order chi connectivity index (χ1) is 12.1. The molecule has 1 aliphatic carbocycles. The van der Waals surface area contributed by atoms with Crippen LogP contribution in [0.25, 0.3) is 11.1 Å². The molecule has 1 saturated heterocycles. The Kier molecular flexibility index (Phi) is 3.66. The van der Waals surface area contributed by atoms with E-state index in [4.69, 9.17) is 10.5 Å². The zero-order valence-corrected chi connectivity index (χ0v) is 15.4. The molecule has 130 valence electrons. The van der Waals surface area contributed by atoms with Gasteiger partial charge in [-0.25, -0.2) is 4.39 Å². The van der Waals surface area contributed by atoms with Crippen LogP contribution in [-0.4, -0.2) is 30.1 Å². The molecule has 25 heavy (non-hydrogen) atoms. The molecule has 0 bridgehead atoms. The first kappa shape index (κ1) is 15.8. The molecule has 1 fully saturated rings. The number of hydrogen-bond acceptors (Lipinski definition) is 3. The Morgan fingerprint density at radius 2 is 2.12 bits per heavy atom. The summed E-state index contributed by atoms with van der Waals surface area (Å²) < 4.78 is 21.1. The molecule has 5 rings (SSSR count). The van der Waals surface area contributed by atoms with E-state index in [1.54, 1.807) is 6.07 Å². The summed E-state index contributed by atoms with van der Waals surface area (Å²) in [5.74, 6) is 0.506. The molecule has 2 heterocycles. The third kappa shape index (κ3) is 2.44. The lowest BCUT2D eigenvalue weighted by molar-refractivity contribution is 0.0577. The first-order valence-electron chi connectivity index (χ1n) is 8.89. The second-order valence-corrected chi connectivity index (χ2v) is 8.20. The van der Waals surface area contributed by atoms with Crippen LogP contribution in [0.2, 0.25) is 0 Å². The van der Waals surface area contributed by atoms with Crippen molar-refractivity contribution in [3.63, 3.8) is 0 Å². The lowest BCUT2D eigenvalue weighted by atomic mass is 9.92. The molecule has 0 radical (unpaired) electrons. The van der Waals surface area contributed by atoms with Gasteiger partial charge in [-0.05, 0) is 65.0 Å². The number of ether oxygens (including phenoxy) is 1. The fourth-order valence-electron chi connectivity index (χ4n) is 4.69. The molecule has 2 aromatic carbocycles. The van der Waals surface area contributed by atoms with Gasteiger partial charge in [-0.15, -0.1) is 0 Å². The highest BCUT2D eigenvalue weighted by Crippen LogP contribution is 2.52. The van der Waals surface area contributed by atoms with Gasteiger partial charge in [0, 0.05) is 23.7 Å². The molecule has 3 atom stereocenters. The second kappa shape index (κ2) is 5.79. The Bertz CT molecular complexity index is 856. The van der Waals surface area contributed by atoms with E-state index >= 15 is 0 Å². The second-order valence-electron chi connectivity index (χ2n) is 7.35. The highest BCUT2D eigenvalue weighted by Gasteiger charge is 2.43. The molecular formula is C20H20BrFN2O. The van der Waals surface area contributed by atoms with Crippen molar-refractivity contribution < 1.29 is 9.13 Å². The van der Waals surface area contributed by atoms with Gasteiger partial charge < -0.3 is 10.5 Å². The minimum atomic E-state index is -0.248. The van der Waals surface area contributed by atoms with Gasteiger partial charge in [-0.1, -0.05) is 18.2 Å². The van der Waals surface area contributed by atoms with E-state index in [0.29, 0.717) is 10.5 Å². The van der Waals surface area contributed by atoms with Gasteiger partial charge in [0.25, 0.3) is 0 Å². The molecule has 0 saturated carbocycles. The predicted octanol–water partition coefficient (Wildman–Crippen LogP) is 4.04. The Morgan fingerprint density at radius 3 is 2.96 bits per heavy atom. The predicted molar refractivity (Wildman–Crippen MR) is 99.2 cm³/mol. The van der Waals surface area contributed by atoms with Crippen LogP contribution in [-0.2, 0) is 6.42 Å². The van der Waals surface area contributed by atoms with Gasteiger partial charge in [0.15, 0.2) is 0 Å². The van der Waals surface area contributed by atoms with Crippen molar-refractivity contribution in [2.45, 2.75) is 37.5 Å². The van der Waals surface area contributed by atoms with Crippen molar-refractivity contribution in [1.29, 1.82) is 0 Å². The van der Waals surface area contributed by atoms with E-state index in [0.717, 1.165) is 49.2 Å². The molecule has 0 amide bonds. The molecule has 2 aromatic rings. The quantitative estimate of drug-likeness (QED) is 0.782. The maximum absolute atomic E-state index is 14.0. The Labute approximate surface area is 155 Å². The van der Waals surface area contributed by atoms with Crippen molar-refractivity contribution in [1.82, 2.24) is 4.90 Å². The van der Waals surface area contributed by atoms with E-state index in [9.17, 15) is 4.39 Å². The number of likely N-dealkylation sites (tertiary alicyclic amines) is 1. The smallest absolute Gasteiger partial charge is 0.142 e. The molecule has 2 N–H and O–H groups in total. The fourth-order valence-corrected chi connectivity index (χ4v) is 5.22. The van der Waals surface area contributed by atoms with Crippen molar-refractivity contribution in [3.8, 4) is 16.9 Å². The highest BCUT2D eigenvalue weighted by atomic mass is 79.9. The Balaban J connectivity index is 1.61. The number of nitrogens with two attached hydrogens (primary N) is 1. The number of fused-ring (bicyclic) bond motifs is 2. The largest absolute Gasteiger partial charge is 0.482 e. The standard InChI is InChI=1S/C20H20BrFN2O/c21-16-9-12(22)8-15-14-5-1-3-11-7-17(20(18(11)14)25-19(15)16)24-6-2-4-13(23)10-24/h1,3,5,8-9,13,17,20H,2,4,6-7,10,23H2/t13-,17-,20+/m1/s1. The maximum Gasteiger partial charge on any atom is 0.142 e. The van der Waals surface area contributed by atoms with E-state index < -0.39 is 0 Å². The molecule has 0 unspecified atom stereocenters. The van der Waals surface area contributed by atoms with Crippen LogP contribution in [0.4, 0.5) is 4.39 Å². The van der Waals surface area contributed by atoms with E-state index in [2.05, 4.69) is 39.0 Å². The van der Waals surface area contributed by atoms with Crippen LogP contribution in [0, 0.1) is 5.82 Å². The SMILES string of the molecule is N[C@@H]1CCCN([C@@H]2Cc3cccc4c3[C@H]2Oc2c(Br)cc(F)cc2-4)C1. The highest BCUT2D eigenvalue weighted by molar-refractivity contribution is 9.10. The first-order valence-corrected chi connectivity index (χ1v) is 9.68. The Morgan fingerprint density at radius 1 is 1.24 bits per heavy atom. The van der Waals surface area contributed by atoms with Crippen LogP contribution in [0.15, 0.2) is 34.8 Å². The summed E-state index contributed by atoms with van der Waals surface area (Å²) in [6.45, 7) is 1.99. The maximum atomic E-state index is 14.0. The average molecular weight is 403 g/mol. The zero-order chi connectivity index (χ0) is 17.1. The number of nitrogens with zero attached hydrogens (tertiary/aromatic N) is 1. The van der Waals surface area contributed by atoms with E-state index in [-0.39, 0.29) is 18.0 Å². The molecule has 0 spiro atoms. The average Bonchev–Trinajstić information content (AvgIpc) is 2.96. The number of benzene rings is 2. The van der Waals surface area contributed by atoms with Crippen LogP contribution in [0.3, 0.4) is 0 Å². The fraction of sp³-hybridized carbons (Fsp3) is 0.400. The van der Waals surface area contributed by atoms with E-state index in [1.807, 2.05) is 0 Å². The number of hydrogen-bond donors (Lipinski definition) is 1. The monoisotopic (exact) mass is 402 g/mol. The van der Waals surface area contributed by atoms with Gasteiger partial charge >= 0.3 is 0 Å². The third-order valence-corrected chi connectivity index (χ3v) is 6.35. The van der Waals surface area contributed by atoms with Crippen molar-refractivity contribution in [2.75, 3.05) is 13.1 Å². The minimum absolute atomic E-state index is 0.00855. The van der Waals surface area contributed by atoms with Crippen molar-refractivity contribution in [3.05, 3.63) is 51.7 Å². The molecule has 0 aromatic heterocycles. The lowest BCUT2D eigenvalue weighted by Gasteiger charge is -2.39. The van der Waals surface area contributed by atoms with Crippen LogP contribution in [0.1, 0.15) is 30.1 Å². The number of rotatable bonds is 1. The third-order valence-electron chi connectivity index (χ3n) is 5.76. The normalized spacial score (nSPS) is 27.6. The molecule has 5 heteroatoms. The summed E-state index contributed by atoms with van der Waals surface area (Å²) in [5, 5.41) is 0. The Hall–Kier alpha value is -1.43. The summed E-state index contributed by atoms with van der Waals surface area (Å²) >= 11 is 3.49. The summed E-state index contributed by atoms with van der Waals surface area (Å²) in [6, 6.07) is 9.94. The van der Waals surface area contributed by atoms with Gasteiger partial charge in [0.2, 0.25) is 0 Å². The summed E-state index contributed by atoms with van der Waals surface area (Å²) in [6.07, 6.45) is 3.19. The van der Waals surface area contributed by atoms with Crippen LogP contribution >= 0.6 is 15.9 Å². The van der Waals surface area contributed by atoms with Gasteiger partial charge in [-0.2, -0.15) is 0 Å². The molecule has 3 aliphatic rings. The molecule has 2 aliphatic heterocycles. The summed E-state index contributed by atoms with van der Waals surface area (Å²) in [4.78, 5) is 2.49. The number of halogens is 2. The van der Waals surface area contributed by atoms with Gasteiger partial charge in [0.1, 0.15) is 17.7 Å². The van der Waals surface area contributed by atoms with Gasteiger partial charge in [-0.3, -0.25) is 4.90 Å². The topological polar surface area (TPSA) is 38.5 Å². The lowest BCUT2D eigenvalue weighted by Crippen LogP contribution is -2.50. The summed E-state index contributed by atoms with van der Waals surface area (Å²) in [7, 11) is 0. The van der Waals surface area contributed by atoms with E-state index in [1.165, 1.54) is 17.2 Å².